The van der Waals surface area contributed by atoms with Crippen LogP contribution in [0.5, 0.6) is 0 Å². The number of likely N-dealkylation sites (tertiary alicyclic amines) is 1. The molecule has 92 valence electrons. The molecule has 2 aliphatic rings. The molecule has 0 spiro atoms. The summed E-state index contributed by atoms with van der Waals surface area (Å²) in [7, 11) is 1.43. The largest absolute Gasteiger partial charge is 0.453 e. The number of amides is 1. The Morgan fingerprint density at radius 1 is 1.50 bits per heavy atom. The van der Waals surface area contributed by atoms with Crippen LogP contribution in [0.3, 0.4) is 0 Å². The topological polar surface area (TPSA) is 50.8 Å². The molecule has 2 rings (SSSR count). The van der Waals surface area contributed by atoms with Crippen LogP contribution in [0.15, 0.2) is 0 Å². The standard InChI is InChI=1S/C11H20N2O3/c1-8-10(4-6-16-8)12-9-3-5-13(7-9)11(14)15-2/h8-10,12H,3-7H2,1-2H3. The van der Waals surface area contributed by atoms with E-state index in [4.69, 9.17) is 9.47 Å². The van der Waals surface area contributed by atoms with Crippen molar-refractivity contribution in [2.75, 3.05) is 26.8 Å². The van der Waals surface area contributed by atoms with Crippen molar-refractivity contribution >= 4 is 6.09 Å². The number of hydrogen-bond donors (Lipinski definition) is 1. The predicted octanol–water partition coefficient (Wildman–Crippen LogP) is 0.594. The summed E-state index contributed by atoms with van der Waals surface area (Å²) < 4.78 is 10.2. The Bertz CT molecular complexity index is 260. The Balaban J connectivity index is 1.78. The normalized spacial score (nSPS) is 34.4. The van der Waals surface area contributed by atoms with Crippen LogP contribution in [-0.2, 0) is 9.47 Å². The van der Waals surface area contributed by atoms with Gasteiger partial charge in [-0.1, -0.05) is 0 Å². The average Bonchev–Trinajstić information content (AvgIpc) is 2.89. The maximum absolute atomic E-state index is 11.3. The molecule has 3 unspecified atom stereocenters. The lowest BCUT2D eigenvalue weighted by molar-refractivity contribution is 0.110. The molecule has 2 saturated heterocycles. The van der Waals surface area contributed by atoms with E-state index in [0.717, 1.165) is 32.5 Å². The molecule has 0 radical (unpaired) electrons. The molecule has 1 N–H and O–H groups in total. The zero-order valence-corrected chi connectivity index (χ0v) is 9.94. The Morgan fingerprint density at radius 3 is 2.94 bits per heavy atom. The molecule has 0 bridgehead atoms. The molecule has 16 heavy (non-hydrogen) atoms. The van der Waals surface area contributed by atoms with Gasteiger partial charge in [0.2, 0.25) is 0 Å². The fourth-order valence-corrected chi connectivity index (χ4v) is 2.44. The Kier molecular flexibility index (Phi) is 3.66. The maximum Gasteiger partial charge on any atom is 0.409 e. The number of carbonyl (C=O) groups excluding carboxylic acids is 1. The number of rotatable bonds is 2. The Labute approximate surface area is 96.1 Å². The van der Waals surface area contributed by atoms with Crippen molar-refractivity contribution in [3.8, 4) is 0 Å². The monoisotopic (exact) mass is 228 g/mol. The highest BCUT2D eigenvalue weighted by Crippen LogP contribution is 2.17. The molecule has 2 fully saturated rings. The number of nitrogens with zero attached hydrogens (tertiary/aromatic N) is 1. The fourth-order valence-electron chi connectivity index (χ4n) is 2.44. The first-order valence-corrected chi connectivity index (χ1v) is 5.91. The van der Waals surface area contributed by atoms with Crippen LogP contribution in [0.25, 0.3) is 0 Å². The first kappa shape index (κ1) is 11.7. The van der Waals surface area contributed by atoms with Crippen molar-refractivity contribution in [3.05, 3.63) is 0 Å². The molecule has 5 heteroatoms. The Morgan fingerprint density at radius 2 is 2.31 bits per heavy atom. The first-order chi connectivity index (χ1) is 7.70. The van der Waals surface area contributed by atoms with Crippen molar-refractivity contribution in [3.63, 3.8) is 0 Å². The van der Waals surface area contributed by atoms with Gasteiger partial charge < -0.3 is 19.7 Å². The van der Waals surface area contributed by atoms with E-state index in [1.54, 1.807) is 4.90 Å². The predicted molar refractivity (Wildman–Crippen MR) is 59.3 cm³/mol. The number of nitrogens with one attached hydrogen (secondary N) is 1. The van der Waals surface area contributed by atoms with Crippen LogP contribution in [0.1, 0.15) is 19.8 Å². The number of carbonyl (C=O) groups is 1. The van der Waals surface area contributed by atoms with Gasteiger partial charge in [-0.15, -0.1) is 0 Å². The Hall–Kier alpha value is -0.810. The molecule has 0 saturated carbocycles. The number of hydrogen-bond acceptors (Lipinski definition) is 4. The van der Waals surface area contributed by atoms with Gasteiger partial charge in [-0.3, -0.25) is 0 Å². The minimum absolute atomic E-state index is 0.222. The second kappa shape index (κ2) is 5.01. The van der Waals surface area contributed by atoms with Crippen molar-refractivity contribution in [1.82, 2.24) is 10.2 Å². The molecule has 2 heterocycles. The van der Waals surface area contributed by atoms with Crippen molar-refractivity contribution < 1.29 is 14.3 Å². The third-order valence-electron chi connectivity index (χ3n) is 3.45. The third-order valence-corrected chi connectivity index (χ3v) is 3.45. The average molecular weight is 228 g/mol. The summed E-state index contributed by atoms with van der Waals surface area (Å²) in [4.78, 5) is 13.1. The summed E-state index contributed by atoms with van der Waals surface area (Å²) in [6, 6.07) is 0.816. The van der Waals surface area contributed by atoms with Crippen LogP contribution in [0.2, 0.25) is 0 Å². The first-order valence-electron chi connectivity index (χ1n) is 5.91. The van der Waals surface area contributed by atoms with Gasteiger partial charge in [0.25, 0.3) is 0 Å². The number of ether oxygens (including phenoxy) is 2. The van der Waals surface area contributed by atoms with Gasteiger partial charge in [-0.05, 0) is 19.8 Å². The van der Waals surface area contributed by atoms with Crippen molar-refractivity contribution in [2.45, 2.75) is 38.0 Å². The highest BCUT2D eigenvalue weighted by molar-refractivity contribution is 5.67. The molecular weight excluding hydrogens is 208 g/mol. The van der Waals surface area contributed by atoms with Gasteiger partial charge in [0.15, 0.2) is 0 Å². The second-order valence-electron chi connectivity index (χ2n) is 4.54. The summed E-state index contributed by atoms with van der Waals surface area (Å²) in [5.74, 6) is 0. The fraction of sp³-hybridized carbons (Fsp3) is 0.909. The maximum atomic E-state index is 11.3. The minimum atomic E-state index is -0.222. The zero-order chi connectivity index (χ0) is 11.5. The summed E-state index contributed by atoms with van der Waals surface area (Å²) in [6.07, 6.45) is 2.13. The molecular formula is C11H20N2O3. The van der Waals surface area contributed by atoms with Crippen LogP contribution in [0.4, 0.5) is 4.79 Å². The van der Waals surface area contributed by atoms with Gasteiger partial charge in [0.1, 0.15) is 0 Å². The van der Waals surface area contributed by atoms with E-state index < -0.39 is 0 Å². The van der Waals surface area contributed by atoms with E-state index in [1.165, 1.54) is 7.11 Å². The molecule has 1 amide bonds. The highest BCUT2D eigenvalue weighted by atomic mass is 16.5. The molecule has 0 aromatic carbocycles. The lowest BCUT2D eigenvalue weighted by Gasteiger charge is -2.21. The van der Waals surface area contributed by atoms with Gasteiger partial charge in [0, 0.05) is 31.8 Å². The molecule has 0 aromatic heterocycles. The van der Waals surface area contributed by atoms with Gasteiger partial charge in [-0.2, -0.15) is 0 Å². The SMILES string of the molecule is COC(=O)N1CCC(NC2CCOC2C)C1. The van der Waals surface area contributed by atoms with E-state index in [0.29, 0.717) is 12.1 Å². The van der Waals surface area contributed by atoms with Crippen molar-refractivity contribution in [1.29, 1.82) is 0 Å². The third kappa shape index (κ3) is 2.47. The van der Waals surface area contributed by atoms with Gasteiger partial charge >= 0.3 is 6.09 Å². The summed E-state index contributed by atoms with van der Waals surface area (Å²) >= 11 is 0. The summed E-state index contributed by atoms with van der Waals surface area (Å²) in [5.41, 5.74) is 0. The van der Waals surface area contributed by atoms with Gasteiger partial charge in [0.05, 0.1) is 13.2 Å². The van der Waals surface area contributed by atoms with Crippen LogP contribution < -0.4 is 5.32 Å². The van der Waals surface area contributed by atoms with Gasteiger partial charge in [-0.25, -0.2) is 4.79 Å². The van der Waals surface area contributed by atoms with Crippen LogP contribution >= 0.6 is 0 Å². The van der Waals surface area contributed by atoms with E-state index >= 15 is 0 Å². The van der Waals surface area contributed by atoms with E-state index in [-0.39, 0.29) is 12.2 Å². The molecule has 0 aliphatic carbocycles. The molecule has 2 aliphatic heterocycles. The summed E-state index contributed by atoms with van der Waals surface area (Å²) in [5, 5.41) is 3.56. The van der Waals surface area contributed by atoms with E-state index in [9.17, 15) is 4.79 Å². The molecule has 3 atom stereocenters. The second-order valence-corrected chi connectivity index (χ2v) is 4.54. The smallest absolute Gasteiger partial charge is 0.409 e. The minimum Gasteiger partial charge on any atom is -0.453 e. The van der Waals surface area contributed by atoms with Crippen LogP contribution in [0, 0.1) is 0 Å². The van der Waals surface area contributed by atoms with Crippen LogP contribution in [-0.4, -0.2) is 56.0 Å². The zero-order valence-electron chi connectivity index (χ0n) is 9.94. The number of methoxy groups -OCH3 is 1. The lowest BCUT2D eigenvalue weighted by Crippen LogP contribution is -2.43. The summed E-state index contributed by atoms with van der Waals surface area (Å²) in [6.45, 7) is 4.46. The highest BCUT2D eigenvalue weighted by Gasteiger charge is 2.31. The molecule has 5 nitrogen and oxygen atoms in total. The van der Waals surface area contributed by atoms with E-state index in [1.807, 2.05) is 0 Å². The van der Waals surface area contributed by atoms with E-state index in [2.05, 4.69) is 12.2 Å². The quantitative estimate of drug-likeness (QED) is 0.751. The lowest BCUT2D eigenvalue weighted by atomic mass is 10.1. The van der Waals surface area contributed by atoms with Crippen molar-refractivity contribution in [2.24, 2.45) is 0 Å². The molecule has 0 aromatic rings.